The zero-order valence-corrected chi connectivity index (χ0v) is 12.3. The van der Waals surface area contributed by atoms with E-state index >= 15 is 0 Å². The molecule has 1 amide bonds. The molecule has 1 heterocycles. The monoisotopic (exact) mass is 285 g/mol. The van der Waals surface area contributed by atoms with Gasteiger partial charge in [-0.2, -0.15) is 0 Å². The fourth-order valence-electron chi connectivity index (χ4n) is 2.75. The first kappa shape index (κ1) is 13.2. The largest absolute Gasteiger partial charge is 0.326 e. The van der Waals surface area contributed by atoms with Crippen LogP contribution in [0.25, 0.3) is 0 Å². The van der Waals surface area contributed by atoms with Crippen LogP contribution in [-0.4, -0.2) is 5.91 Å². The molecular formula is C17H16ClNO. The lowest BCUT2D eigenvalue weighted by Crippen LogP contribution is -2.23. The van der Waals surface area contributed by atoms with Crippen LogP contribution in [0.5, 0.6) is 0 Å². The van der Waals surface area contributed by atoms with Gasteiger partial charge in [-0.3, -0.25) is 4.79 Å². The summed E-state index contributed by atoms with van der Waals surface area (Å²) < 4.78 is 0. The summed E-state index contributed by atoms with van der Waals surface area (Å²) in [6.07, 6.45) is 0.468. The maximum Gasteiger partial charge on any atom is 0.225 e. The Morgan fingerprint density at radius 2 is 1.90 bits per heavy atom. The van der Waals surface area contributed by atoms with Gasteiger partial charge in [0.25, 0.3) is 0 Å². The van der Waals surface area contributed by atoms with Crippen LogP contribution >= 0.6 is 11.6 Å². The zero-order valence-electron chi connectivity index (χ0n) is 11.5. The molecule has 1 unspecified atom stereocenters. The number of rotatable bonds is 1. The number of carbonyl (C=O) groups is 1. The molecule has 0 bridgehead atoms. The summed E-state index contributed by atoms with van der Waals surface area (Å²) in [5.74, 6) is 0.141. The normalized spacial score (nSPS) is 17.6. The summed E-state index contributed by atoms with van der Waals surface area (Å²) in [7, 11) is 0. The number of carbonyl (C=O) groups excluding carboxylic acids is 1. The zero-order chi connectivity index (χ0) is 14.3. The number of amides is 1. The Morgan fingerprint density at radius 1 is 1.15 bits per heavy atom. The van der Waals surface area contributed by atoms with Crippen LogP contribution in [0.2, 0.25) is 5.02 Å². The Morgan fingerprint density at radius 3 is 2.65 bits per heavy atom. The van der Waals surface area contributed by atoms with E-state index in [1.807, 2.05) is 24.3 Å². The number of hydrogen-bond donors (Lipinski definition) is 1. The van der Waals surface area contributed by atoms with E-state index in [-0.39, 0.29) is 11.8 Å². The van der Waals surface area contributed by atoms with Gasteiger partial charge in [0.15, 0.2) is 0 Å². The maximum absolute atomic E-state index is 11.9. The van der Waals surface area contributed by atoms with E-state index in [0.29, 0.717) is 11.4 Å². The Labute approximate surface area is 123 Å². The molecule has 102 valence electrons. The highest BCUT2D eigenvalue weighted by atomic mass is 35.5. The van der Waals surface area contributed by atoms with Crippen molar-refractivity contribution in [2.45, 2.75) is 26.2 Å². The number of nitrogens with one attached hydrogen (secondary N) is 1. The molecule has 0 spiro atoms. The molecule has 2 aromatic rings. The molecule has 3 heteroatoms. The van der Waals surface area contributed by atoms with Crippen molar-refractivity contribution in [1.29, 1.82) is 0 Å². The predicted octanol–water partition coefficient (Wildman–Crippen LogP) is 4.43. The predicted molar refractivity (Wildman–Crippen MR) is 82.5 cm³/mol. The summed E-state index contributed by atoms with van der Waals surface area (Å²) in [4.78, 5) is 11.9. The SMILES string of the molecule is Cc1cc2c(cc1C)C(c1cccc(Cl)c1)CC(=O)N2. The highest BCUT2D eigenvalue weighted by Crippen LogP contribution is 2.38. The van der Waals surface area contributed by atoms with E-state index in [4.69, 9.17) is 11.6 Å². The van der Waals surface area contributed by atoms with Crippen LogP contribution in [0.15, 0.2) is 36.4 Å². The first-order valence-corrected chi connectivity index (χ1v) is 7.09. The van der Waals surface area contributed by atoms with Crippen molar-refractivity contribution in [3.63, 3.8) is 0 Å². The molecule has 0 saturated carbocycles. The molecule has 0 radical (unpaired) electrons. The Balaban J connectivity index is 2.14. The van der Waals surface area contributed by atoms with E-state index in [9.17, 15) is 4.79 Å². The summed E-state index contributed by atoms with van der Waals surface area (Å²) in [6, 6.07) is 12.0. The Hall–Kier alpha value is -1.80. The van der Waals surface area contributed by atoms with E-state index in [1.165, 1.54) is 16.7 Å². The minimum Gasteiger partial charge on any atom is -0.326 e. The number of aryl methyl sites for hydroxylation is 2. The average molecular weight is 286 g/mol. The molecule has 0 aliphatic carbocycles. The minimum absolute atomic E-state index is 0.0609. The van der Waals surface area contributed by atoms with Crippen molar-refractivity contribution >= 4 is 23.2 Å². The van der Waals surface area contributed by atoms with Crippen LogP contribution in [0.1, 0.15) is 34.6 Å². The van der Waals surface area contributed by atoms with E-state index in [0.717, 1.165) is 11.3 Å². The lowest BCUT2D eigenvalue weighted by molar-refractivity contribution is -0.116. The van der Waals surface area contributed by atoms with Crippen molar-refractivity contribution in [3.05, 3.63) is 63.7 Å². The van der Waals surface area contributed by atoms with Crippen LogP contribution in [-0.2, 0) is 4.79 Å². The highest BCUT2D eigenvalue weighted by Gasteiger charge is 2.27. The fourth-order valence-corrected chi connectivity index (χ4v) is 2.95. The maximum atomic E-state index is 11.9. The van der Waals surface area contributed by atoms with Crippen molar-refractivity contribution in [1.82, 2.24) is 0 Å². The number of anilines is 1. The fraction of sp³-hybridized carbons (Fsp3) is 0.235. The van der Waals surface area contributed by atoms with Gasteiger partial charge in [-0.05, 0) is 54.3 Å². The number of halogens is 1. The quantitative estimate of drug-likeness (QED) is 0.825. The van der Waals surface area contributed by atoms with Gasteiger partial charge in [-0.25, -0.2) is 0 Å². The second-order valence-corrected chi connectivity index (χ2v) is 5.82. The number of hydrogen-bond acceptors (Lipinski definition) is 1. The molecule has 1 aliphatic rings. The molecule has 2 aromatic carbocycles. The smallest absolute Gasteiger partial charge is 0.225 e. The van der Waals surface area contributed by atoms with Gasteiger partial charge in [0.2, 0.25) is 5.91 Å². The number of fused-ring (bicyclic) bond motifs is 1. The molecule has 20 heavy (non-hydrogen) atoms. The lowest BCUT2D eigenvalue weighted by atomic mass is 9.83. The average Bonchev–Trinajstić information content (AvgIpc) is 2.40. The lowest BCUT2D eigenvalue weighted by Gasteiger charge is -2.27. The summed E-state index contributed by atoms with van der Waals surface area (Å²) >= 11 is 6.08. The highest BCUT2D eigenvalue weighted by molar-refractivity contribution is 6.30. The van der Waals surface area contributed by atoms with Crippen molar-refractivity contribution in [2.24, 2.45) is 0 Å². The van der Waals surface area contributed by atoms with Crippen LogP contribution in [0.4, 0.5) is 5.69 Å². The molecule has 0 saturated heterocycles. The third-order valence-electron chi connectivity index (χ3n) is 3.96. The molecule has 1 N–H and O–H groups in total. The molecular weight excluding hydrogens is 270 g/mol. The third-order valence-corrected chi connectivity index (χ3v) is 4.19. The van der Waals surface area contributed by atoms with Gasteiger partial charge in [0, 0.05) is 23.0 Å². The van der Waals surface area contributed by atoms with E-state index in [1.54, 1.807) is 0 Å². The molecule has 1 atom stereocenters. The molecule has 2 nitrogen and oxygen atoms in total. The first-order valence-electron chi connectivity index (χ1n) is 6.71. The van der Waals surface area contributed by atoms with Gasteiger partial charge in [-0.15, -0.1) is 0 Å². The standard InChI is InChI=1S/C17H16ClNO/c1-10-6-15-14(12-4-3-5-13(18)8-12)9-17(20)19-16(15)7-11(10)2/h3-8,14H,9H2,1-2H3,(H,19,20). The van der Waals surface area contributed by atoms with Gasteiger partial charge >= 0.3 is 0 Å². The van der Waals surface area contributed by atoms with Gasteiger partial charge < -0.3 is 5.32 Å². The molecule has 0 fully saturated rings. The first-order chi connectivity index (χ1) is 9.54. The van der Waals surface area contributed by atoms with E-state index < -0.39 is 0 Å². The van der Waals surface area contributed by atoms with Crippen molar-refractivity contribution in [3.8, 4) is 0 Å². The second kappa shape index (κ2) is 4.95. The minimum atomic E-state index is 0.0609. The van der Waals surface area contributed by atoms with Crippen LogP contribution in [0.3, 0.4) is 0 Å². The van der Waals surface area contributed by atoms with Crippen LogP contribution < -0.4 is 5.32 Å². The van der Waals surface area contributed by atoms with Gasteiger partial charge in [0.05, 0.1) is 0 Å². The third kappa shape index (κ3) is 2.32. The number of benzene rings is 2. The summed E-state index contributed by atoms with van der Waals surface area (Å²) in [5.41, 5.74) is 5.63. The molecule has 3 rings (SSSR count). The molecule has 0 aromatic heterocycles. The Bertz CT molecular complexity index is 693. The van der Waals surface area contributed by atoms with Crippen molar-refractivity contribution < 1.29 is 4.79 Å². The molecule has 1 aliphatic heterocycles. The Kier molecular flexibility index (Phi) is 3.27. The van der Waals surface area contributed by atoms with Crippen molar-refractivity contribution in [2.75, 3.05) is 5.32 Å². The van der Waals surface area contributed by atoms with Gasteiger partial charge in [0.1, 0.15) is 0 Å². The summed E-state index contributed by atoms with van der Waals surface area (Å²) in [6.45, 7) is 4.16. The van der Waals surface area contributed by atoms with Gasteiger partial charge in [-0.1, -0.05) is 29.8 Å². The summed E-state index contributed by atoms with van der Waals surface area (Å²) in [5, 5.41) is 3.68. The van der Waals surface area contributed by atoms with E-state index in [2.05, 4.69) is 31.3 Å². The second-order valence-electron chi connectivity index (χ2n) is 5.38. The van der Waals surface area contributed by atoms with Crippen LogP contribution in [0, 0.1) is 13.8 Å². The topological polar surface area (TPSA) is 29.1 Å².